The van der Waals surface area contributed by atoms with Crippen molar-refractivity contribution in [2.24, 2.45) is 5.92 Å². The van der Waals surface area contributed by atoms with Crippen molar-refractivity contribution in [3.05, 3.63) is 83.6 Å². The van der Waals surface area contributed by atoms with Crippen molar-refractivity contribution in [1.29, 1.82) is 0 Å². The summed E-state index contributed by atoms with van der Waals surface area (Å²) in [6.45, 7) is 4.69. The van der Waals surface area contributed by atoms with Gasteiger partial charge in [-0.1, -0.05) is 81.6 Å². The van der Waals surface area contributed by atoms with Crippen LogP contribution < -0.4 is 10.1 Å². The standard InChI is InChI=1S/C31H40N2O4/c1-21(2)22-8-10-23(11-9-22)28-17-16-27(20-33-28)37-30(24-6-4-3-5-7-24)25-12-14-26(15-13-25)31(36)32-19-18-29(34)35/h8-17,20-21,24,29-32,34-36H,3-7,18-19H2,1-2H3. The SMILES string of the molecule is CC(C)c1ccc(-c2ccc(OC(c3ccc(C(O)NCCC(O)O)cc3)C3CCCCC3)cn2)cc1. The molecular weight excluding hydrogens is 464 g/mol. The fourth-order valence-corrected chi connectivity index (χ4v) is 5.01. The Morgan fingerprint density at radius 2 is 1.49 bits per heavy atom. The summed E-state index contributed by atoms with van der Waals surface area (Å²) in [5.41, 5.74) is 5.15. The van der Waals surface area contributed by atoms with Crippen LogP contribution in [0.4, 0.5) is 0 Å². The Bertz CT molecular complexity index is 1080. The number of benzene rings is 2. The first-order valence-corrected chi connectivity index (χ1v) is 13.5. The van der Waals surface area contributed by atoms with Gasteiger partial charge in [-0.15, -0.1) is 0 Å². The lowest BCUT2D eigenvalue weighted by atomic mass is 9.82. The molecule has 1 heterocycles. The highest BCUT2D eigenvalue weighted by molar-refractivity contribution is 5.60. The topological polar surface area (TPSA) is 94.8 Å². The van der Waals surface area contributed by atoms with Gasteiger partial charge in [0.25, 0.3) is 0 Å². The van der Waals surface area contributed by atoms with E-state index in [0.717, 1.165) is 41.0 Å². The summed E-state index contributed by atoms with van der Waals surface area (Å²) in [7, 11) is 0. The predicted molar refractivity (Wildman–Crippen MR) is 146 cm³/mol. The first-order chi connectivity index (χ1) is 17.9. The third-order valence-electron chi connectivity index (χ3n) is 7.27. The summed E-state index contributed by atoms with van der Waals surface area (Å²) < 4.78 is 6.58. The van der Waals surface area contributed by atoms with E-state index in [4.69, 9.17) is 19.9 Å². The van der Waals surface area contributed by atoms with Gasteiger partial charge in [-0.25, -0.2) is 0 Å². The minimum absolute atomic E-state index is 0.0815. The minimum atomic E-state index is -1.38. The maximum absolute atomic E-state index is 10.4. The molecule has 0 amide bonds. The molecule has 3 aromatic rings. The highest BCUT2D eigenvalue weighted by atomic mass is 16.5. The molecule has 198 valence electrons. The molecule has 0 radical (unpaired) electrons. The van der Waals surface area contributed by atoms with Crippen molar-refractivity contribution in [2.45, 2.75) is 76.9 Å². The Kier molecular flexibility index (Phi) is 9.69. The third kappa shape index (κ3) is 7.62. The number of pyridine rings is 1. The fourth-order valence-electron chi connectivity index (χ4n) is 5.01. The predicted octanol–water partition coefficient (Wildman–Crippen LogP) is 5.85. The number of hydrogen-bond acceptors (Lipinski definition) is 6. The first kappa shape index (κ1) is 27.3. The van der Waals surface area contributed by atoms with Crippen LogP contribution in [0.3, 0.4) is 0 Å². The smallest absolute Gasteiger partial charge is 0.152 e. The number of aliphatic hydroxyl groups is 3. The van der Waals surface area contributed by atoms with Crippen molar-refractivity contribution in [1.82, 2.24) is 10.3 Å². The molecule has 0 aliphatic heterocycles. The maximum Gasteiger partial charge on any atom is 0.152 e. The van der Waals surface area contributed by atoms with Gasteiger partial charge in [0.05, 0.1) is 11.9 Å². The van der Waals surface area contributed by atoms with Gasteiger partial charge in [0.1, 0.15) is 18.1 Å². The Labute approximate surface area is 220 Å². The normalized spacial score (nSPS) is 16.2. The van der Waals surface area contributed by atoms with Gasteiger partial charge in [0.2, 0.25) is 0 Å². The quantitative estimate of drug-likeness (QED) is 0.245. The zero-order chi connectivity index (χ0) is 26.2. The lowest BCUT2D eigenvalue weighted by Crippen LogP contribution is -2.25. The summed E-state index contributed by atoms with van der Waals surface area (Å²) in [5, 5.41) is 31.3. The zero-order valence-electron chi connectivity index (χ0n) is 21.9. The average Bonchev–Trinajstić information content (AvgIpc) is 2.92. The van der Waals surface area contributed by atoms with E-state index < -0.39 is 12.5 Å². The second-order valence-electron chi connectivity index (χ2n) is 10.4. The molecule has 2 aromatic carbocycles. The van der Waals surface area contributed by atoms with E-state index >= 15 is 0 Å². The number of aromatic nitrogens is 1. The van der Waals surface area contributed by atoms with Gasteiger partial charge in [-0.05, 0) is 47.6 Å². The molecule has 1 aliphatic rings. The van der Waals surface area contributed by atoms with Gasteiger partial charge in [0, 0.05) is 24.4 Å². The molecule has 6 nitrogen and oxygen atoms in total. The molecule has 1 aliphatic carbocycles. The number of rotatable bonds is 11. The Morgan fingerprint density at radius 1 is 0.838 bits per heavy atom. The molecule has 0 bridgehead atoms. The second kappa shape index (κ2) is 13.2. The highest BCUT2D eigenvalue weighted by Crippen LogP contribution is 2.38. The van der Waals surface area contributed by atoms with Crippen molar-refractivity contribution < 1.29 is 20.1 Å². The van der Waals surface area contributed by atoms with Crippen LogP contribution in [-0.2, 0) is 0 Å². The Hall–Kier alpha value is -2.77. The molecule has 4 rings (SSSR count). The second-order valence-corrected chi connectivity index (χ2v) is 10.4. The van der Waals surface area contributed by atoms with Gasteiger partial charge >= 0.3 is 0 Å². The molecular formula is C31H40N2O4. The molecule has 1 aromatic heterocycles. The minimum Gasteiger partial charge on any atom is -0.484 e. The van der Waals surface area contributed by atoms with E-state index in [2.05, 4.69) is 43.4 Å². The molecule has 1 saturated carbocycles. The summed E-state index contributed by atoms with van der Waals surface area (Å²) >= 11 is 0. The van der Waals surface area contributed by atoms with E-state index in [-0.39, 0.29) is 12.5 Å². The number of nitrogens with one attached hydrogen (secondary N) is 1. The number of hydrogen-bond donors (Lipinski definition) is 4. The fraction of sp³-hybridized carbons (Fsp3) is 0.452. The van der Waals surface area contributed by atoms with Crippen molar-refractivity contribution in [3.63, 3.8) is 0 Å². The summed E-state index contributed by atoms with van der Waals surface area (Å²) in [6.07, 6.45) is 5.61. The van der Waals surface area contributed by atoms with Gasteiger partial charge < -0.3 is 20.1 Å². The molecule has 0 saturated heterocycles. The molecule has 2 atom stereocenters. The van der Waals surface area contributed by atoms with E-state index in [1.54, 1.807) is 0 Å². The maximum atomic E-state index is 10.4. The van der Waals surface area contributed by atoms with Crippen LogP contribution in [0.15, 0.2) is 66.9 Å². The summed E-state index contributed by atoms with van der Waals surface area (Å²) in [6, 6.07) is 20.5. The average molecular weight is 505 g/mol. The van der Waals surface area contributed by atoms with Crippen LogP contribution in [-0.4, -0.2) is 33.1 Å². The number of ether oxygens (including phenoxy) is 1. The van der Waals surface area contributed by atoms with Crippen LogP contribution >= 0.6 is 0 Å². The Morgan fingerprint density at radius 3 is 2.08 bits per heavy atom. The van der Waals surface area contributed by atoms with Gasteiger partial charge in [-0.2, -0.15) is 0 Å². The lowest BCUT2D eigenvalue weighted by molar-refractivity contribution is -0.0465. The molecule has 1 fully saturated rings. The number of nitrogens with zero attached hydrogens (tertiary/aromatic N) is 1. The van der Waals surface area contributed by atoms with Crippen LogP contribution in [0, 0.1) is 5.92 Å². The monoisotopic (exact) mass is 504 g/mol. The Balaban J connectivity index is 1.47. The van der Waals surface area contributed by atoms with Crippen molar-refractivity contribution in [2.75, 3.05) is 6.54 Å². The van der Waals surface area contributed by atoms with E-state index in [1.165, 1.54) is 24.8 Å². The molecule has 6 heteroatoms. The van der Waals surface area contributed by atoms with Crippen LogP contribution in [0.1, 0.15) is 87.3 Å². The van der Waals surface area contributed by atoms with Crippen LogP contribution in [0.2, 0.25) is 0 Å². The third-order valence-corrected chi connectivity index (χ3v) is 7.27. The largest absolute Gasteiger partial charge is 0.484 e. The first-order valence-electron chi connectivity index (χ1n) is 13.5. The van der Waals surface area contributed by atoms with E-state index in [1.807, 2.05) is 42.6 Å². The summed E-state index contributed by atoms with van der Waals surface area (Å²) in [4.78, 5) is 4.69. The molecule has 4 N–H and O–H groups in total. The highest BCUT2D eigenvalue weighted by Gasteiger charge is 2.27. The molecule has 0 spiro atoms. The molecule has 2 unspecified atom stereocenters. The lowest BCUT2D eigenvalue weighted by Gasteiger charge is -2.31. The van der Waals surface area contributed by atoms with Crippen LogP contribution in [0.25, 0.3) is 11.3 Å². The van der Waals surface area contributed by atoms with Crippen LogP contribution in [0.5, 0.6) is 5.75 Å². The van der Waals surface area contributed by atoms with E-state index in [9.17, 15) is 5.11 Å². The van der Waals surface area contributed by atoms with Gasteiger partial charge in [0.15, 0.2) is 6.29 Å². The van der Waals surface area contributed by atoms with Crippen molar-refractivity contribution >= 4 is 0 Å². The summed E-state index contributed by atoms with van der Waals surface area (Å²) in [5.74, 6) is 1.69. The van der Waals surface area contributed by atoms with Crippen molar-refractivity contribution in [3.8, 4) is 17.0 Å². The number of aliphatic hydroxyl groups excluding tert-OH is 2. The molecule has 37 heavy (non-hydrogen) atoms. The van der Waals surface area contributed by atoms with Gasteiger partial charge in [-0.3, -0.25) is 10.3 Å². The zero-order valence-corrected chi connectivity index (χ0v) is 21.9. The van der Waals surface area contributed by atoms with E-state index in [0.29, 0.717) is 18.4 Å².